The van der Waals surface area contributed by atoms with Gasteiger partial charge in [-0.25, -0.2) is 0 Å². The molecule has 7 nitrogen and oxygen atoms in total. The Balaban J connectivity index is 1.54. The summed E-state index contributed by atoms with van der Waals surface area (Å²) >= 11 is 0. The largest absolute Gasteiger partial charge is 0.497 e. The zero-order valence-electron chi connectivity index (χ0n) is 19.8. The number of carbonyl (C=O) groups excluding carboxylic acids is 2. The van der Waals surface area contributed by atoms with Crippen molar-refractivity contribution in [1.82, 2.24) is 15.1 Å². The third-order valence-electron chi connectivity index (χ3n) is 5.62. The Morgan fingerprint density at radius 1 is 0.971 bits per heavy atom. The Hall–Kier alpha value is -4.39. The van der Waals surface area contributed by atoms with Crippen molar-refractivity contribution in [2.75, 3.05) is 19.0 Å². The molecule has 0 bridgehead atoms. The second kappa shape index (κ2) is 11.2. The number of ether oxygens (including phenoxy) is 1. The summed E-state index contributed by atoms with van der Waals surface area (Å²) in [4.78, 5) is 25.7. The van der Waals surface area contributed by atoms with Crippen LogP contribution in [-0.4, -0.2) is 35.2 Å². The van der Waals surface area contributed by atoms with E-state index in [1.54, 1.807) is 18.0 Å². The molecule has 3 aromatic carbocycles. The first kappa shape index (κ1) is 23.8. The van der Waals surface area contributed by atoms with Gasteiger partial charge in [0, 0.05) is 17.4 Å². The maximum atomic E-state index is 13.2. The van der Waals surface area contributed by atoms with E-state index in [-0.39, 0.29) is 18.4 Å². The lowest BCUT2D eigenvalue weighted by Crippen LogP contribution is -2.33. The molecule has 0 fully saturated rings. The van der Waals surface area contributed by atoms with Crippen molar-refractivity contribution in [2.45, 2.75) is 19.9 Å². The number of nitrogens with one attached hydrogen (secondary N) is 2. The van der Waals surface area contributed by atoms with Crippen molar-refractivity contribution in [3.63, 3.8) is 0 Å². The van der Waals surface area contributed by atoms with Gasteiger partial charge in [0.2, 0.25) is 5.91 Å². The Kier molecular flexibility index (Phi) is 7.57. The smallest absolute Gasteiger partial charge is 0.255 e. The van der Waals surface area contributed by atoms with E-state index in [4.69, 9.17) is 4.74 Å². The van der Waals surface area contributed by atoms with Gasteiger partial charge >= 0.3 is 0 Å². The summed E-state index contributed by atoms with van der Waals surface area (Å²) < 4.78 is 7.08. The van der Waals surface area contributed by atoms with Crippen LogP contribution in [0, 0.1) is 0 Å². The second-order valence-electron chi connectivity index (χ2n) is 8.05. The number of hydrogen-bond donors (Lipinski definition) is 2. The molecule has 0 radical (unpaired) electrons. The fraction of sp³-hybridized carbons (Fsp3) is 0.179. The number of anilines is 1. The highest BCUT2D eigenvalue weighted by Crippen LogP contribution is 2.26. The van der Waals surface area contributed by atoms with Gasteiger partial charge in [-0.15, -0.1) is 0 Å². The molecule has 0 aliphatic carbocycles. The number of aryl methyl sites for hydroxylation is 1. The highest BCUT2D eigenvalue weighted by Gasteiger charge is 2.19. The molecule has 7 heteroatoms. The fourth-order valence-electron chi connectivity index (χ4n) is 3.82. The van der Waals surface area contributed by atoms with Gasteiger partial charge in [-0.3, -0.25) is 14.3 Å². The van der Waals surface area contributed by atoms with E-state index < -0.39 is 0 Å². The van der Waals surface area contributed by atoms with Crippen LogP contribution in [0.1, 0.15) is 28.4 Å². The van der Waals surface area contributed by atoms with Crippen molar-refractivity contribution in [3.05, 3.63) is 102 Å². The molecule has 0 spiro atoms. The summed E-state index contributed by atoms with van der Waals surface area (Å²) in [5.74, 6) is 0.000325. The van der Waals surface area contributed by atoms with E-state index in [0.717, 1.165) is 28.8 Å². The van der Waals surface area contributed by atoms with Gasteiger partial charge in [0.1, 0.15) is 11.4 Å². The van der Waals surface area contributed by atoms with Crippen LogP contribution in [0.25, 0.3) is 11.3 Å². The standard InChI is InChI=1S/C28H28N4O3/c1-3-21-12-7-8-15-25(21)30-26(33)17-29-28(34)24-19-32(18-20-10-5-4-6-11-20)31-27(24)22-13-9-14-23(16-22)35-2/h4-16,19H,3,17-18H2,1-2H3,(H,29,34)(H,30,33). The molecule has 0 saturated carbocycles. The molecule has 4 rings (SSSR count). The van der Waals surface area contributed by atoms with E-state index in [1.165, 1.54) is 0 Å². The van der Waals surface area contributed by atoms with Crippen molar-refractivity contribution in [1.29, 1.82) is 0 Å². The van der Waals surface area contributed by atoms with Gasteiger partial charge in [0.15, 0.2) is 0 Å². The predicted molar refractivity (Wildman–Crippen MR) is 137 cm³/mol. The quantitative estimate of drug-likeness (QED) is 0.378. The minimum atomic E-state index is -0.374. The number of nitrogens with zero attached hydrogens (tertiary/aromatic N) is 2. The van der Waals surface area contributed by atoms with Gasteiger partial charge in [0.05, 0.1) is 25.8 Å². The van der Waals surface area contributed by atoms with Crippen LogP contribution in [-0.2, 0) is 17.8 Å². The lowest BCUT2D eigenvalue weighted by atomic mass is 10.1. The van der Waals surface area contributed by atoms with Crippen molar-refractivity contribution >= 4 is 17.5 Å². The van der Waals surface area contributed by atoms with Crippen molar-refractivity contribution < 1.29 is 14.3 Å². The molecule has 35 heavy (non-hydrogen) atoms. The molecular weight excluding hydrogens is 440 g/mol. The van der Waals surface area contributed by atoms with Gasteiger partial charge in [0.25, 0.3) is 5.91 Å². The Labute approximate surface area is 204 Å². The van der Waals surface area contributed by atoms with Crippen molar-refractivity contribution in [2.24, 2.45) is 0 Å². The number of hydrogen-bond acceptors (Lipinski definition) is 4. The maximum Gasteiger partial charge on any atom is 0.255 e. The van der Waals surface area contributed by atoms with Crippen molar-refractivity contribution in [3.8, 4) is 17.0 Å². The molecule has 2 N–H and O–H groups in total. The zero-order valence-corrected chi connectivity index (χ0v) is 19.8. The Morgan fingerprint density at radius 3 is 2.51 bits per heavy atom. The number of methoxy groups -OCH3 is 1. The summed E-state index contributed by atoms with van der Waals surface area (Å²) in [6.07, 6.45) is 2.51. The molecule has 0 unspecified atom stereocenters. The topological polar surface area (TPSA) is 85.3 Å². The van der Waals surface area contributed by atoms with E-state index in [0.29, 0.717) is 23.6 Å². The highest BCUT2D eigenvalue weighted by atomic mass is 16.5. The summed E-state index contributed by atoms with van der Waals surface area (Å²) in [5, 5.41) is 10.3. The van der Waals surface area contributed by atoms with E-state index in [1.807, 2.05) is 85.8 Å². The van der Waals surface area contributed by atoms with Gasteiger partial charge in [-0.05, 0) is 35.7 Å². The summed E-state index contributed by atoms with van der Waals surface area (Å²) in [7, 11) is 1.59. The normalized spacial score (nSPS) is 10.6. The molecule has 0 atom stereocenters. The molecule has 0 aliphatic rings. The van der Waals surface area contributed by atoms with Crippen LogP contribution in [0.2, 0.25) is 0 Å². The molecule has 178 valence electrons. The Bertz CT molecular complexity index is 1310. The van der Waals surface area contributed by atoms with Gasteiger partial charge < -0.3 is 15.4 Å². The highest BCUT2D eigenvalue weighted by molar-refractivity contribution is 6.02. The van der Waals surface area contributed by atoms with Crippen LogP contribution in [0.3, 0.4) is 0 Å². The maximum absolute atomic E-state index is 13.2. The SMILES string of the molecule is CCc1ccccc1NC(=O)CNC(=O)c1cn(Cc2ccccc2)nc1-c1cccc(OC)c1. The molecular formula is C28H28N4O3. The number of amides is 2. The van der Waals surface area contributed by atoms with E-state index in [2.05, 4.69) is 15.7 Å². The average molecular weight is 469 g/mol. The zero-order chi connectivity index (χ0) is 24.6. The minimum absolute atomic E-state index is 0.154. The number of aromatic nitrogens is 2. The lowest BCUT2D eigenvalue weighted by Gasteiger charge is -2.10. The van der Waals surface area contributed by atoms with Gasteiger partial charge in [-0.1, -0.05) is 67.6 Å². The first-order valence-corrected chi connectivity index (χ1v) is 11.5. The van der Waals surface area contributed by atoms with Crippen LogP contribution in [0.5, 0.6) is 5.75 Å². The second-order valence-corrected chi connectivity index (χ2v) is 8.05. The number of carbonyl (C=O) groups is 2. The molecule has 1 aromatic heterocycles. The molecule has 0 aliphatic heterocycles. The summed E-state index contributed by atoms with van der Waals surface area (Å²) in [6.45, 7) is 2.39. The Morgan fingerprint density at radius 2 is 1.74 bits per heavy atom. The lowest BCUT2D eigenvalue weighted by molar-refractivity contribution is -0.115. The van der Waals surface area contributed by atoms with Gasteiger partial charge in [-0.2, -0.15) is 5.10 Å². The first-order valence-electron chi connectivity index (χ1n) is 11.5. The van der Waals surface area contributed by atoms with E-state index in [9.17, 15) is 9.59 Å². The minimum Gasteiger partial charge on any atom is -0.497 e. The molecule has 2 amide bonds. The molecule has 4 aromatic rings. The average Bonchev–Trinajstić information content (AvgIpc) is 3.32. The summed E-state index contributed by atoms with van der Waals surface area (Å²) in [6, 6.07) is 24.9. The molecule has 0 saturated heterocycles. The third-order valence-corrected chi connectivity index (χ3v) is 5.62. The number of rotatable bonds is 9. The number of para-hydroxylation sites is 1. The first-order chi connectivity index (χ1) is 17.1. The van der Waals surface area contributed by atoms with Crippen LogP contribution >= 0.6 is 0 Å². The monoisotopic (exact) mass is 468 g/mol. The number of benzene rings is 3. The summed E-state index contributed by atoms with van der Waals surface area (Å²) in [5.41, 5.74) is 4.51. The van der Waals surface area contributed by atoms with Crippen LogP contribution < -0.4 is 15.4 Å². The third kappa shape index (κ3) is 5.95. The van der Waals surface area contributed by atoms with Crippen LogP contribution in [0.4, 0.5) is 5.69 Å². The van der Waals surface area contributed by atoms with E-state index >= 15 is 0 Å². The fourth-order valence-corrected chi connectivity index (χ4v) is 3.82. The predicted octanol–water partition coefficient (Wildman–Crippen LogP) is 4.54. The molecule has 1 heterocycles. The van der Waals surface area contributed by atoms with Crippen LogP contribution in [0.15, 0.2) is 85.1 Å².